The second kappa shape index (κ2) is 12.3. The fraction of sp³-hybridized carbons (Fsp3) is 0.737. The highest BCUT2D eigenvalue weighted by atomic mass is 31.2. The van der Waals surface area contributed by atoms with E-state index in [9.17, 15) is 18.9 Å². The summed E-state index contributed by atoms with van der Waals surface area (Å²) < 4.78 is 36.1. The highest BCUT2D eigenvalue weighted by Crippen LogP contribution is 2.46. The molecule has 2 N–H and O–H groups in total. The third kappa shape index (κ3) is 6.78. The Morgan fingerprint density at radius 2 is 2.15 bits per heavy atom. The number of ether oxygens (including phenoxy) is 2. The number of hydrogen-bond acceptors (Lipinski definition) is 9. The van der Waals surface area contributed by atoms with Gasteiger partial charge in [0.1, 0.15) is 12.3 Å². The molecule has 1 aliphatic heterocycles. The van der Waals surface area contributed by atoms with Crippen molar-refractivity contribution in [2.45, 2.75) is 65.0 Å². The lowest BCUT2D eigenvalue weighted by Gasteiger charge is -2.27. The molecule has 1 saturated heterocycles. The van der Waals surface area contributed by atoms with E-state index in [1.165, 1.54) is 24.8 Å². The first-order valence-electron chi connectivity index (χ1n) is 10.9. The zero-order valence-electron chi connectivity index (χ0n) is 19.8. The molecular weight excluding hydrogens is 471 g/mol. The van der Waals surface area contributed by atoms with E-state index < -0.39 is 49.4 Å². The molecule has 1 fully saturated rings. The minimum atomic E-state index is -4.00. The van der Waals surface area contributed by atoms with Gasteiger partial charge in [0.15, 0.2) is 0 Å². The monoisotopic (exact) mass is 502 g/mol. The van der Waals surface area contributed by atoms with Crippen LogP contribution in [-0.4, -0.2) is 54.0 Å². The van der Waals surface area contributed by atoms with Crippen LogP contribution in [0.5, 0.6) is 0 Å². The van der Waals surface area contributed by atoms with Gasteiger partial charge in [-0.15, -0.1) is 0 Å². The average molecular weight is 502 g/mol. The standard InChI is InChI=1S/C19H31N6O8P/c1-6-11(3)16(18(27)30-5)23-34(29,31-7-2)32-10-14-13(22-24-20)8-15(33-14)25-9-12(4)17(26)21-19(25)28/h9,11,13-16H,6-8,10H2,1-5H3,(H,23,29)(H,21,26,28)/t11-,13-,14+,15+,16-,34?/m0/s1. The number of aromatic amines is 1. The summed E-state index contributed by atoms with van der Waals surface area (Å²) in [5, 5.41) is 6.36. The number of nitrogens with one attached hydrogen (secondary N) is 2. The summed E-state index contributed by atoms with van der Waals surface area (Å²) >= 11 is 0. The summed E-state index contributed by atoms with van der Waals surface area (Å²) in [6, 6.07) is -1.70. The molecule has 34 heavy (non-hydrogen) atoms. The van der Waals surface area contributed by atoms with E-state index in [4.69, 9.17) is 24.1 Å². The predicted octanol–water partition coefficient (Wildman–Crippen LogP) is 2.15. The Labute approximate surface area is 196 Å². The maximum absolute atomic E-state index is 13.4. The van der Waals surface area contributed by atoms with Crippen molar-refractivity contribution in [2.24, 2.45) is 11.0 Å². The van der Waals surface area contributed by atoms with Gasteiger partial charge in [0, 0.05) is 23.1 Å². The molecule has 0 aliphatic carbocycles. The van der Waals surface area contributed by atoms with Gasteiger partial charge >= 0.3 is 19.4 Å². The third-order valence-electron chi connectivity index (χ3n) is 5.53. The molecule has 14 nitrogen and oxygen atoms in total. The Balaban J connectivity index is 2.23. The number of hydrogen-bond donors (Lipinski definition) is 2. The highest BCUT2D eigenvalue weighted by molar-refractivity contribution is 7.51. The first-order chi connectivity index (χ1) is 16.1. The van der Waals surface area contributed by atoms with Crippen LogP contribution in [0.2, 0.25) is 0 Å². The van der Waals surface area contributed by atoms with Crippen LogP contribution in [0, 0.1) is 12.8 Å². The van der Waals surface area contributed by atoms with Gasteiger partial charge in [-0.2, -0.15) is 0 Å². The van der Waals surface area contributed by atoms with Crippen LogP contribution >= 0.6 is 7.75 Å². The first kappa shape index (κ1) is 27.8. The molecule has 190 valence electrons. The van der Waals surface area contributed by atoms with Crippen molar-refractivity contribution in [1.29, 1.82) is 0 Å². The van der Waals surface area contributed by atoms with Gasteiger partial charge in [0.05, 0.1) is 32.5 Å². The van der Waals surface area contributed by atoms with E-state index in [0.717, 1.165) is 0 Å². The molecule has 1 aliphatic rings. The van der Waals surface area contributed by atoms with Gasteiger partial charge in [-0.1, -0.05) is 25.4 Å². The normalized spacial score (nSPS) is 23.5. The van der Waals surface area contributed by atoms with Gasteiger partial charge in [-0.3, -0.25) is 28.2 Å². The number of methoxy groups -OCH3 is 1. The van der Waals surface area contributed by atoms with Gasteiger partial charge in [0.2, 0.25) is 0 Å². The summed E-state index contributed by atoms with van der Waals surface area (Å²) in [7, 11) is -2.78. The molecule has 1 aromatic rings. The van der Waals surface area contributed by atoms with E-state index >= 15 is 0 Å². The number of carbonyl (C=O) groups is 1. The predicted molar refractivity (Wildman–Crippen MR) is 121 cm³/mol. The zero-order chi connectivity index (χ0) is 25.5. The molecule has 1 unspecified atom stereocenters. The number of azide groups is 1. The summed E-state index contributed by atoms with van der Waals surface area (Å²) in [5.74, 6) is -0.849. The molecule has 2 heterocycles. The van der Waals surface area contributed by atoms with E-state index in [0.29, 0.717) is 12.0 Å². The molecule has 2 rings (SSSR count). The van der Waals surface area contributed by atoms with E-state index in [1.54, 1.807) is 13.8 Å². The smallest absolute Gasteiger partial charge is 0.406 e. The molecule has 0 bridgehead atoms. The second-order valence-electron chi connectivity index (χ2n) is 7.84. The van der Waals surface area contributed by atoms with Crippen LogP contribution in [0.15, 0.2) is 20.9 Å². The van der Waals surface area contributed by atoms with E-state index in [1.807, 2.05) is 6.92 Å². The number of nitrogens with zero attached hydrogens (tertiary/aromatic N) is 4. The van der Waals surface area contributed by atoms with Crippen LogP contribution in [0.3, 0.4) is 0 Å². The van der Waals surface area contributed by atoms with Crippen molar-refractivity contribution in [2.75, 3.05) is 20.3 Å². The molecular formula is C19H31N6O8P. The van der Waals surface area contributed by atoms with Crippen molar-refractivity contribution in [3.05, 3.63) is 43.0 Å². The Morgan fingerprint density at radius 3 is 2.74 bits per heavy atom. The van der Waals surface area contributed by atoms with Crippen molar-refractivity contribution in [1.82, 2.24) is 14.6 Å². The number of aromatic nitrogens is 2. The molecule has 0 aromatic carbocycles. The number of carbonyl (C=O) groups excluding carboxylic acids is 1. The second-order valence-corrected chi connectivity index (χ2v) is 9.61. The lowest BCUT2D eigenvalue weighted by Crippen LogP contribution is -2.42. The largest absolute Gasteiger partial charge is 0.468 e. The minimum Gasteiger partial charge on any atom is -0.468 e. The number of aryl methyl sites for hydroxylation is 1. The first-order valence-corrected chi connectivity index (χ1v) is 12.4. The van der Waals surface area contributed by atoms with Crippen LogP contribution in [-0.2, 0) is 27.9 Å². The van der Waals surface area contributed by atoms with Crippen LogP contribution < -0.4 is 16.3 Å². The summed E-state index contributed by atoms with van der Waals surface area (Å²) in [5.41, 5.74) is 8.05. The zero-order valence-corrected chi connectivity index (χ0v) is 20.7. The molecule has 15 heteroatoms. The topological polar surface area (TPSA) is 187 Å². The Kier molecular flexibility index (Phi) is 10.0. The van der Waals surface area contributed by atoms with Crippen molar-refractivity contribution in [3.8, 4) is 0 Å². The third-order valence-corrected chi connectivity index (χ3v) is 7.21. The summed E-state index contributed by atoms with van der Waals surface area (Å²) in [6.45, 7) is 6.51. The van der Waals surface area contributed by atoms with Gasteiger partial charge in [0.25, 0.3) is 5.56 Å². The SMILES string of the molecule is CCOP(=O)(N[C@H](C(=O)OC)[C@@H](C)CC)OC[C@H]1O[C@@H](n2cc(C)c(=O)[nH]c2=O)C[C@@H]1N=[N+]=[N-]. The lowest BCUT2D eigenvalue weighted by molar-refractivity contribution is -0.144. The molecule has 0 saturated carbocycles. The quantitative estimate of drug-likeness (QED) is 0.142. The summed E-state index contributed by atoms with van der Waals surface area (Å²) in [6.07, 6.45) is 0.332. The number of rotatable bonds is 12. The van der Waals surface area contributed by atoms with Gasteiger partial charge in [-0.05, 0) is 25.3 Å². The highest BCUT2D eigenvalue weighted by Gasteiger charge is 2.40. The minimum absolute atomic E-state index is 0.0264. The Bertz CT molecular complexity index is 1070. The fourth-order valence-corrected chi connectivity index (χ4v) is 5.03. The molecule has 0 amide bonds. The van der Waals surface area contributed by atoms with E-state index in [-0.39, 0.29) is 25.6 Å². The lowest BCUT2D eigenvalue weighted by atomic mass is 10.0. The van der Waals surface area contributed by atoms with Crippen LogP contribution in [0.4, 0.5) is 0 Å². The Hall–Kier alpha value is -2.47. The molecule has 1 aromatic heterocycles. The fourth-order valence-electron chi connectivity index (χ4n) is 3.42. The van der Waals surface area contributed by atoms with Crippen LogP contribution in [0.25, 0.3) is 10.4 Å². The number of esters is 1. The maximum Gasteiger partial charge on any atom is 0.406 e. The van der Waals surface area contributed by atoms with Crippen LogP contribution in [0.1, 0.15) is 45.4 Å². The van der Waals surface area contributed by atoms with Gasteiger partial charge in [-0.25, -0.2) is 14.4 Å². The molecule has 0 radical (unpaired) electrons. The van der Waals surface area contributed by atoms with Crippen molar-refractivity contribution < 1.29 is 27.9 Å². The van der Waals surface area contributed by atoms with Crippen molar-refractivity contribution >= 4 is 13.7 Å². The van der Waals surface area contributed by atoms with Gasteiger partial charge < -0.3 is 9.47 Å². The summed E-state index contributed by atoms with van der Waals surface area (Å²) in [4.78, 5) is 41.1. The molecule has 0 spiro atoms. The maximum atomic E-state index is 13.4. The average Bonchev–Trinajstić information content (AvgIpc) is 3.20. The Morgan fingerprint density at radius 1 is 1.44 bits per heavy atom. The van der Waals surface area contributed by atoms with E-state index in [2.05, 4.69) is 20.1 Å². The number of H-pyrrole nitrogens is 1. The van der Waals surface area contributed by atoms with Crippen molar-refractivity contribution in [3.63, 3.8) is 0 Å². The molecule has 6 atom stereocenters.